The Morgan fingerprint density at radius 2 is 1.79 bits per heavy atom. The molecule has 5 heterocycles. The number of ether oxygens (including phenoxy) is 2. The summed E-state index contributed by atoms with van der Waals surface area (Å²) in [6, 6.07) is 6.00. The minimum atomic E-state index is -1.60. The lowest BCUT2D eigenvalue weighted by molar-refractivity contribution is -0.136. The van der Waals surface area contributed by atoms with Crippen LogP contribution in [0.5, 0.6) is 11.8 Å². The number of amides is 6. The minimum absolute atomic E-state index is 0.0112. The predicted octanol–water partition coefficient (Wildman–Crippen LogP) is 4.67. The van der Waals surface area contributed by atoms with E-state index in [9.17, 15) is 33.2 Å². The molecule has 6 aliphatic rings. The highest BCUT2D eigenvalue weighted by Gasteiger charge is 2.49. The van der Waals surface area contributed by atoms with Crippen LogP contribution in [0.2, 0.25) is 0 Å². The molecular weight excluding hydrogens is 848 g/mol. The maximum atomic E-state index is 14.5. The van der Waals surface area contributed by atoms with E-state index in [0.29, 0.717) is 46.1 Å². The van der Waals surface area contributed by atoms with Crippen molar-refractivity contribution in [2.45, 2.75) is 121 Å². The van der Waals surface area contributed by atoms with E-state index in [0.717, 1.165) is 75.7 Å². The van der Waals surface area contributed by atoms with E-state index >= 15 is 0 Å². The van der Waals surface area contributed by atoms with E-state index in [2.05, 4.69) is 49.7 Å². The number of methoxy groups -OCH3 is 1. The molecule has 6 amide bonds. The lowest BCUT2D eigenvalue weighted by Crippen LogP contribution is -2.54. The fourth-order valence-corrected chi connectivity index (χ4v) is 11.5. The van der Waals surface area contributed by atoms with Crippen LogP contribution >= 0.6 is 0 Å². The van der Waals surface area contributed by atoms with Gasteiger partial charge in [-0.25, -0.2) is 14.4 Å². The second-order valence-corrected chi connectivity index (χ2v) is 19.3. The summed E-state index contributed by atoms with van der Waals surface area (Å²) in [5.41, 5.74) is 8.16. The highest BCUT2D eigenvalue weighted by Crippen LogP contribution is 2.53. The first-order valence-electron chi connectivity index (χ1n) is 23.3. The van der Waals surface area contributed by atoms with Crippen molar-refractivity contribution in [2.75, 3.05) is 32.6 Å². The highest BCUT2D eigenvalue weighted by molar-refractivity contribution is 6.25. The number of fused-ring (bicyclic) bond motifs is 2. The molecule has 66 heavy (non-hydrogen) atoms. The average Bonchev–Trinajstić information content (AvgIpc) is 3.72. The number of nitrogens with one attached hydrogen (secondary N) is 3. The largest absolute Gasteiger partial charge is 0.480 e. The maximum Gasteiger partial charge on any atom is 0.264 e. The zero-order valence-electron chi connectivity index (χ0n) is 37.6. The molecule has 3 unspecified atom stereocenters. The summed E-state index contributed by atoms with van der Waals surface area (Å²) in [7, 11) is 3.64. The summed E-state index contributed by atoms with van der Waals surface area (Å²) in [5, 5.41) is 9.02. The number of pyridine rings is 2. The van der Waals surface area contributed by atoms with Crippen molar-refractivity contribution >= 4 is 52.0 Å². The highest BCUT2D eigenvalue weighted by atomic mass is 19.1. The van der Waals surface area contributed by atoms with Gasteiger partial charge < -0.3 is 30.7 Å². The van der Waals surface area contributed by atoms with Crippen LogP contribution in [-0.2, 0) is 14.4 Å². The van der Waals surface area contributed by atoms with E-state index in [1.165, 1.54) is 7.11 Å². The molecule has 9 rings (SSSR count). The summed E-state index contributed by atoms with van der Waals surface area (Å²) in [5.74, 6) is 3.83. The van der Waals surface area contributed by atoms with Crippen molar-refractivity contribution in [2.24, 2.45) is 28.9 Å². The molecule has 1 spiro atoms. The second kappa shape index (κ2) is 18.3. The first kappa shape index (κ1) is 45.0. The molecule has 16 nitrogen and oxygen atoms in total. The first-order chi connectivity index (χ1) is 31.8. The molecule has 3 aliphatic heterocycles. The number of anilines is 1. The molecule has 5 N–H and O–H groups in total. The van der Waals surface area contributed by atoms with E-state index in [-0.39, 0.29) is 59.7 Å². The Hall–Kier alpha value is -6.15. The third-order valence-corrected chi connectivity index (χ3v) is 15.2. The second-order valence-electron chi connectivity index (χ2n) is 19.3. The van der Waals surface area contributed by atoms with Crippen molar-refractivity contribution < 1.29 is 42.6 Å². The monoisotopic (exact) mass is 904 g/mol. The van der Waals surface area contributed by atoms with Crippen LogP contribution < -0.4 is 31.2 Å². The summed E-state index contributed by atoms with van der Waals surface area (Å²) in [6.07, 6.45) is 11.3. The molecule has 1 aromatic carbocycles. The molecule has 3 aromatic rings. The van der Waals surface area contributed by atoms with Crippen LogP contribution in [0.4, 0.5) is 10.1 Å². The zero-order chi connectivity index (χ0) is 46.4. The smallest absolute Gasteiger partial charge is 0.264 e. The number of piperidine rings is 1. The minimum Gasteiger partial charge on any atom is -0.480 e. The van der Waals surface area contributed by atoms with Gasteiger partial charge in [0.2, 0.25) is 23.6 Å². The molecule has 3 saturated carbocycles. The predicted molar refractivity (Wildman–Crippen MR) is 240 cm³/mol. The van der Waals surface area contributed by atoms with E-state index < -0.39 is 59.6 Å². The molecule has 348 valence electrons. The van der Waals surface area contributed by atoms with Crippen LogP contribution in [0.3, 0.4) is 0 Å². The van der Waals surface area contributed by atoms with Gasteiger partial charge in [0.15, 0.2) is 6.17 Å². The van der Waals surface area contributed by atoms with E-state index in [1.54, 1.807) is 24.4 Å². The number of halogens is 1. The number of nitrogens with two attached hydrogens (primary N) is 1. The number of primary amides is 1. The third kappa shape index (κ3) is 8.55. The van der Waals surface area contributed by atoms with Gasteiger partial charge in [-0.3, -0.25) is 39.0 Å². The lowest BCUT2D eigenvalue weighted by atomic mass is 9.57. The molecule has 0 bridgehead atoms. The molecule has 17 heteroatoms. The van der Waals surface area contributed by atoms with Crippen LogP contribution in [-0.4, -0.2) is 113 Å². The van der Waals surface area contributed by atoms with Gasteiger partial charge in [-0.1, -0.05) is 24.8 Å². The van der Waals surface area contributed by atoms with Gasteiger partial charge in [-0.05, 0) is 114 Å². The number of aromatic nitrogens is 2. The van der Waals surface area contributed by atoms with Crippen LogP contribution in [0.1, 0.15) is 127 Å². The summed E-state index contributed by atoms with van der Waals surface area (Å²) in [6.45, 7) is 2.85. The standard InChI is InChI=1S/C49H57FN8O8/c1-4-31-36(54-44(62)40(31)50)25-66-46-41-33(20-34(42(51)60)45(56-41)65-3)28(23-52-46)13-12-26-8-10-27(11-9-26)24-57(2)30-16-18-49(19-17-30)21-29(22-49)53-35-7-5-6-32-39(35)48(64)58(47(32)63)37-14-15-38(59)55-43(37)61/h5-7,20,23,26-27,29-31,36-37,40,53H,4,8-11,14-19,21-22,24-25H2,1-3H3,(H2,51,60)(H,54,62)(H,55,59,61)/t26?,27?,29?,30?,31?,36?,37?,40-,49?/m0/s1. The van der Waals surface area contributed by atoms with Gasteiger partial charge in [0.05, 0.1) is 29.8 Å². The van der Waals surface area contributed by atoms with Crippen molar-refractivity contribution in [3.05, 3.63) is 52.7 Å². The van der Waals surface area contributed by atoms with Crippen molar-refractivity contribution in [1.29, 1.82) is 0 Å². The summed E-state index contributed by atoms with van der Waals surface area (Å²) >= 11 is 0. The summed E-state index contributed by atoms with van der Waals surface area (Å²) in [4.78, 5) is 88.2. The third-order valence-electron chi connectivity index (χ3n) is 15.2. The molecule has 0 radical (unpaired) electrons. The van der Waals surface area contributed by atoms with Gasteiger partial charge in [0.25, 0.3) is 23.6 Å². The molecular formula is C49H57FN8O8. The molecule has 5 fully saturated rings. The Bertz CT molecular complexity index is 2530. The van der Waals surface area contributed by atoms with Crippen molar-refractivity contribution in [3.63, 3.8) is 0 Å². The van der Waals surface area contributed by atoms with E-state index in [1.807, 2.05) is 13.0 Å². The number of carbonyl (C=O) groups excluding carboxylic acids is 6. The Kier molecular flexibility index (Phi) is 12.5. The number of hydrogen-bond acceptors (Lipinski definition) is 12. The van der Waals surface area contributed by atoms with Crippen LogP contribution in [0.25, 0.3) is 10.9 Å². The average molecular weight is 905 g/mol. The Morgan fingerprint density at radius 3 is 2.48 bits per heavy atom. The number of carbonyl (C=O) groups is 6. The molecule has 4 atom stereocenters. The number of benzene rings is 1. The number of alkyl halides is 1. The lowest BCUT2D eigenvalue weighted by Gasteiger charge is -2.53. The van der Waals surface area contributed by atoms with Crippen molar-refractivity contribution in [1.82, 2.24) is 30.4 Å². The SMILES string of the molecule is CCC1C(COc2ncc(C#CC3CCC(CN(C)C4CCC5(CC4)CC(Nc4cccc6c4C(=O)N(C4CCC(=O)NC4=O)C6=O)C5)CC3)c3cc(C(N)=O)c(OC)nc23)NC(=O)[C@H]1F. The van der Waals surface area contributed by atoms with Crippen LogP contribution in [0, 0.1) is 35.0 Å². The quantitative estimate of drug-likeness (QED) is 0.144. The summed E-state index contributed by atoms with van der Waals surface area (Å²) < 4.78 is 25.9. The molecule has 2 aromatic heterocycles. The molecule has 2 saturated heterocycles. The first-order valence-corrected chi connectivity index (χ1v) is 23.3. The molecule has 3 aliphatic carbocycles. The van der Waals surface area contributed by atoms with Gasteiger partial charge >= 0.3 is 0 Å². The Labute approximate surface area is 382 Å². The van der Waals surface area contributed by atoms with Gasteiger partial charge in [-0.2, -0.15) is 0 Å². The maximum absolute atomic E-state index is 14.5. The normalized spacial score (nSPS) is 29.5. The number of rotatable bonds is 12. The Balaban J connectivity index is 0.763. The van der Waals surface area contributed by atoms with Crippen LogP contribution in [0.15, 0.2) is 30.5 Å². The number of hydrogen-bond donors (Lipinski definition) is 4. The zero-order valence-corrected chi connectivity index (χ0v) is 37.6. The van der Waals surface area contributed by atoms with Crippen molar-refractivity contribution in [3.8, 4) is 23.6 Å². The fraction of sp³-hybridized carbons (Fsp3) is 0.551. The van der Waals surface area contributed by atoms with E-state index in [4.69, 9.17) is 15.2 Å². The van der Waals surface area contributed by atoms with Gasteiger partial charge in [0, 0.05) is 54.2 Å². The van der Waals surface area contributed by atoms with Gasteiger partial charge in [0.1, 0.15) is 23.7 Å². The fourth-order valence-electron chi connectivity index (χ4n) is 11.5. The number of nitrogens with zero attached hydrogens (tertiary/aromatic N) is 4. The Morgan fingerprint density at radius 1 is 1.03 bits per heavy atom. The van der Waals surface area contributed by atoms with Gasteiger partial charge in [-0.15, -0.1) is 0 Å². The number of imide groups is 2. The topological polar surface area (TPSA) is 215 Å².